The maximum absolute atomic E-state index is 12.7. The molecule has 0 unspecified atom stereocenters. The van der Waals surface area contributed by atoms with Crippen LogP contribution in [0.1, 0.15) is 25.6 Å². The third-order valence-electron chi connectivity index (χ3n) is 3.08. The highest BCUT2D eigenvalue weighted by Crippen LogP contribution is 2.11. The molecule has 1 heterocycles. The van der Waals surface area contributed by atoms with Crippen molar-refractivity contribution < 1.29 is 13.9 Å². The number of hydrogen-bond donors (Lipinski definition) is 1. The number of benzene rings is 1. The maximum Gasteiger partial charge on any atom is 0.240 e. The lowest BCUT2D eigenvalue weighted by atomic mass is 10.2. The van der Waals surface area contributed by atoms with Gasteiger partial charge < -0.3 is 14.6 Å². The van der Waals surface area contributed by atoms with Gasteiger partial charge in [0, 0.05) is 18.3 Å². The Labute approximate surface area is 129 Å². The number of carbonyl (C=O) groups excluding carboxylic acids is 1. The van der Waals surface area contributed by atoms with Gasteiger partial charge in [-0.2, -0.15) is 0 Å². The molecule has 2 rings (SSSR count). The molecule has 0 fully saturated rings. The number of rotatable bonds is 7. The summed E-state index contributed by atoms with van der Waals surface area (Å²) in [6.07, 6.45) is 3.49. The van der Waals surface area contributed by atoms with Crippen LogP contribution in [0.4, 0.5) is 4.39 Å². The molecule has 0 atom stereocenters. The van der Waals surface area contributed by atoms with Crippen molar-refractivity contribution in [3.8, 4) is 5.75 Å². The second-order valence-electron chi connectivity index (χ2n) is 5.22. The van der Waals surface area contributed by atoms with E-state index < -0.39 is 0 Å². The summed E-state index contributed by atoms with van der Waals surface area (Å²) in [5.74, 6) is 1.33. The summed E-state index contributed by atoms with van der Waals surface area (Å²) in [7, 11) is 0. The van der Waals surface area contributed by atoms with Crippen molar-refractivity contribution in [3.05, 3.63) is 48.3 Å². The van der Waals surface area contributed by atoms with Crippen LogP contribution in [0.2, 0.25) is 0 Å². The molecule has 1 N–H and O–H groups in total. The Hall–Kier alpha value is -2.37. The summed E-state index contributed by atoms with van der Waals surface area (Å²) in [5.41, 5.74) is 0. The molecule has 0 saturated carbocycles. The van der Waals surface area contributed by atoms with Crippen LogP contribution in [0.15, 0.2) is 36.7 Å². The number of aromatic nitrogens is 2. The van der Waals surface area contributed by atoms with Crippen molar-refractivity contribution in [3.63, 3.8) is 0 Å². The average molecular weight is 305 g/mol. The number of nitrogens with zero attached hydrogens (tertiary/aromatic N) is 2. The molecule has 0 aliphatic heterocycles. The van der Waals surface area contributed by atoms with Crippen LogP contribution in [0, 0.1) is 5.82 Å². The molecule has 1 amide bonds. The molecule has 0 aliphatic rings. The van der Waals surface area contributed by atoms with E-state index >= 15 is 0 Å². The Bertz CT molecular complexity index is 608. The van der Waals surface area contributed by atoms with E-state index in [0.29, 0.717) is 18.9 Å². The number of nitrogens with one attached hydrogen (secondary N) is 1. The zero-order valence-electron chi connectivity index (χ0n) is 12.8. The van der Waals surface area contributed by atoms with E-state index in [1.54, 1.807) is 24.5 Å². The van der Waals surface area contributed by atoms with Gasteiger partial charge in [-0.25, -0.2) is 9.37 Å². The summed E-state index contributed by atoms with van der Waals surface area (Å²) in [6, 6.07) is 5.77. The SMILES string of the molecule is CC(C)c1nccn1CC(=O)NCCOc1ccc(F)cc1. The lowest BCUT2D eigenvalue weighted by Gasteiger charge is -2.11. The first-order valence-electron chi connectivity index (χ1n) is 7.22. The first kappa shape index (κ1) is 16.0. The molecule has 6 heteroatoms. The molecule has 1 aromatic heterocycles. The molecule has 2 aromatic rings. The highest BCUT2D eigenvalue weighted by molar-refractivity contribution is 5.75. The molecule has 0 bridgehead atoms. The van der Waals surface area contributed by atoms with Crippen LogP contribution in [-0.4, -0.2) is 28.6 Å². The molecule has 118 valence electrons. The third-order valence-corrected chi connectivity index (χ3v) is 3.08. The molecular weight excluding hydrogens is 285 g/mol. The predicted octanol–water partition coefficient (Wildman–Crippen LogP) is 2.34. The minimum atomic E-state index is -0.304. The van der Waals surface area contributed by atoms with Crippen LogP contribution >= 0.6 is 0 Å². The Balaban J connectivity index is 1.71. The molecule has 22 heavy (non-hydrogen) atoms. The van der Waals surface area contributed by atoms with Gasteiger partial charge in [-0.05, 0) is 24.3 Å². The van der Waals surface area contributed by atoms with E-state index in [4.69, 9.17) is 4.74 Å². The lowest BCUT2D eigenvalue weighted by Crippen LogP contribution is -2.31. The topological polar surface area (TPSA) is 56.2 Å². The Morgan fingerprint density at radius 2 is 2.09 bits per heavy atom. The van der Waals surface area contributed by atoms with Crippen molar-refractivity contribution in [1.29, 1.82) is 0 Å². The van der Waals surface area contributed by atoms with Gasteiger partial charge in [0.05, 0.1) is 6.54 Å². The monoisotopic (exact) mass is 305 g/mol. The smallest absolute Gasteiger partial charge is 0.240 e. The number of carbonyl (C=O) groups is 1. The van der Waals surface area contributed by atoms with Gasteiger partial charge in [-0.15, -0.1) is 0 Å². The molecule has 0 aliphatic carbocycles. The number of ether oxygens (including phenoxy) is 1. The van der Waals surface area contributed by atoms with Gasteiger partial charge in [0.25, 0.3) is 0 Å². The summed E-state index contributed by atoms with van der Waals surface area (Å²) in [5, 5.41) is 2.78. The first-order valence-corrected chi connectivity index (χ1v) is 7.22. The standard InChI is InChI=1S/C16H20FN3O2/c1-12(2)16-19-7-9-20(16)11-15(21)18-8-10-22-14-5-3-13(17)4-6-14/h3-7,9,12H,8,10-11H2,1-2H3,(H,18,21). The van der Waals surface area contributed by atoms with Gasteiger partial charge in [0.2, 0.25) is 5.91 Å². The van der Waals surface area contributed by atoms with E-state index in [9.17, 15) is 9.18 Å². The van der Waals surface area contributed by atoms with E-state index in [2.05, 4.69) is 10.3 Å². The van der Waals surface area contributed by atoms with Crippen molar-refractivity contribution in [2.75, 3.05) is 13.2 Å². The lowest BCUT2D eigenvalue weighted by molar-refractivity contribution is -0.121. The maximum atomic E-state index is 12.7. The number of amides is 1. The molecule has 1 aromatic carbocycles. The second kappa shape index (κ2) is 7.59. The van der Waals surface area contributed by atoms with Crippen LogP contribution in [0.25, 0.3) is 0 Å². The van der Waals surface area contributed by atoms with Crippen LogP contribution in [0.3, 0.4) is 0 Å². The Kier molecular flexibility index (Phi) is 5.52. The molecule has 5 nitrogen and oxygen atoms in total. The predicted molar refractivity (Wildman–Crippen MR) is 81.2 cm³/mol. The summed E-state index contributed by atoms with van der Waals surface area (Å²) in [6.45, 7) is 5.03. The minimum Gasteiger partial charge on any atom is -0.492 e. The molecule has 0 radical (unpaired) electrons. The highest BCUT2D eigenvalue weighted by Gasteiger charge is 2.10. The fourth-order valence-electron chi connectivity index (χ4n) is 2.06. The van der Waals surface area contributed by atoms with Crippen LogP contribution < -0.4 is 10.1 Å². The highest BCUT2D eigenvalue weighted by atomic mass is 19.1. The minimum absolute atomic E-state index is 0.0948. The van der Waals surface area contributed by atoms with Gasteiger partial charge in [-0.3, -0.25) is 4.79 Å². The molecule has 0 saturated heterocycles. The van der Waals surface area contributed by atoms with E-state index in [0.717, 1.165) is 5.82 Å². The van der Waals surface area contributed by atoms with Gasteiger partial charge in [-0.1, -0.05) is 13.8 Å². The zero-order chi connectivity index (χ0) is 15.9. The zero-order valence-corrected chi connectivity index (χ0v) is 12.8. The van der Waals surface area contributed by atoms with Crippen LogP contribution in [0.5, 0.6) is 5.75 Å². The Morgan fingerprint density at radius 3 is 2.77 bits per heavy atom. The van der Waals surface area contributed by atoms with Crippen LogP contribution in [-0.2, 0) is 11.3 Å². The fraction of sp³-hybridized carbons (Fsp3) is 0.375. The van der Waals surface area contributed by atoms with Gasteiger partial charge in [0.1, 0.15) is 30.5 Å². The van der Waals surface area contributed by atoms with E-state index in [1.165, 1.54) is 12.1 Å². The van der Waals surface area contributed by atoms with Crippen molar-refractivity contribution >= 4 is 5.91 Å². The first-order chi connectivity index (χ1) is 10.6. The van der Waals surface area contributed by atoms with Crippen molar-refractivity contribution in [2.24, 2.45) is 0 Å². The normalized spacial score (nSPS) is 10.7. The van der Waals surface area contributed by atoms with E-state index in [1.807, 2.05) is 18.4 Å². The number of hydrogen-bond acceptors (Lipinski definition) is 3. The van der Waals surface area contributed by atoms with Gasteiger partial charge >= 0.3 is 0 Å². The van der Waals surface area contributed by atoms with E-state index in [-0.39, 0.29) is 24.2 Å². The Morgan fingerprint density at radius 1 is 1.36 bits per heavy atom. The van der Waals surface area contributed by atoms with Gasteiger partial charge in [0.15, 0.2) is 0 Å². The molecular formula is C16H20FN3O2. The quantitative estimate of drug-likeness (QED) is 0.799. The average Bonchev–Trinajstić information content (AvgIpc) is 2.94. The number of halogens is 1. The second-order valence-corrected chi connectivity index (χ2v) is 5.22. The van der Waals surface area contributed by atoms with Crippen molar-refractivity contribution in [2.45, 2.75) is 26.3 Å². The third kappa shape index (κ3) is 4.58. The largest absolute Gasteiger partial charge is 0.492 e. The number of imidazole rings is 1. The molecule has 0 spiro atoms. The summed E-state index contributed by atoms with van der Waals surface area (Å²) in [4.78, 5) is 16.1. The fourth-order valence-corrected chi connectivity index (χ4v) is 2.06. The summed E-state index contributed by atoms with van der Waals surface area (Å²) < 4.78 is 20.0. The van der Waals surface area contributed by atoms with Crippen molar-refractivity contribution in [1.82, 2.24) is 14.9 Å². The summed E-state index contributed by atoms with van der Waals surface area (Å²) >= 11 is 0.